The third-order valence-electron chi connectivity index (χ3n) is 1.34. The van der Waals surface area contributed by atoms with E-state index in [0.717, 1.165) is 0 Å². The van der Waals surface area contributed by atoms with Gasteiger partial charge in [0.2, 0.25) is 0 Å². The Balaban J connectivity index is 3.62. The predicted molar refractivity (Wildman–Crippen MR) is 33.0 cm³/mol. The van der Waals surface area contributed by atoms with Gasteiger partial charge in [-0.1, -0.05) is 6.92 Å². The molecule has 0 heterocycles. The SMILES string of the molecule is CC(CO)C(C)(N)N. The topological polar surface area (TPSA) is 72.3 Å². The van der Waals surface area contributed by atoms with Gasteiger partial charge in [-0.25, -0.2) is 0 Å². The summed E-state index contributed by atoms with van der Waals surface area (Å²) in [5, 5.41) is 8.51. The Hall–Kier alpha value is -0.120. The molecule has 0 rings (SSSR count). The summed E-state index contributed by atoms with van der Waals surface area (Å²) in [4.78, 5) is 0. The van der Waals surface area contributed by atoms with E-state index in [1.807, 2.05) is 0 Å². The number of hydrogen-bond donors (Lipinski definition) is 3. The summed E-state index contributed by atoms with van der Waals surface area (Å²) in [6.45, 7) is 3.54. The number of aliphatic hydroxyl groups excluding tert-OH is 1. The Kier molecular flexibility index (Phi) is 2.40. The molecule has 0 saturated carbocycles. The second-order valence-electron chi connectivity index (χ2n) is 2.45. The maximum atomic E-state index is 8.51. The molecule has 0 amide bonds. The van der Waals surface area contributed by atoms with E-state index in [0.29, 0.717) is 0 Å². The van der Waals surface area contributed by atoms with E-state index < -0.39 is 5.66 Å². The van der Waals surface area contributed by atoms with E-state index in [4.69, 9.17) is 16.6 Å². The van der Waals surface area contributed by atoms with Crippen LogP contribution in [0.5, 0.6) is 0 Å². The molecule has 0 aromatic rings. The maximum Gasteiger partial charge on any atom is 0.0656 e. The van der Waals surface area contributed by atoms with Crippen LogP contribution in [0, 0.1) is 5.92 Å². The van der Waals surface area contributed by atoms with Gasteiger partial charge in [-0.2, -0.15) is 0 Å². The Bertz CT molecular complexity index is 67.3. The Morgan fingerprint density at radius 2 is 2.00 bits per heavy atom. The lowest BCUT2D eigenvalue weighted by Gasteiger charge is -2.24. The molecule has 0 saturated heterocycles. The van der Waals surface area contributed by atoms with Crippen LogP contribution < -0.4 is 11.5 Å². The molecule has 0 fully saturated rings. The minimum atomic E-state index is -0.741. The van der Waals surface area contributed by atoms with Crippen molar-refractivity contribution >= 4 is 0 Å². The molecule has 0 bridgehead atoms. The summed E-state index contributed by atoms with van der Waals surface area (Å²) in [7, 11) is 0. The van der Waals surface area contributed by atoms with Crippen LogP contribution in [0.3, 0.4) is 0 Å². The molecule has 1 unspecified atom stereocenters. The fraction of sp³-hybridized carbons (Fsp3) is 1.00. The van der Waals surface area contributed by atoms with Crippen molar-refractivity contribution in [2.24, 2.45) is 17.4 Å². The molecule has 1 atom stereocenters. The quantitative estimate of drug-likeness (QED) is 0.418. The lowest BCUT2D eigenvalue weighted by Crippen LogP contribution is -2.52. The summed E-state index contributed by atoms with van der Waals surface area (Å²) in [6.07, 6.45) is 0. The predicted octanol–water partition coefficient (Wildman–Crippen LogP) is -0.752. The van der Waals surface area contributed by atoms with Gasteiger partial charge in [0.25, 0.3) is 0 Å². The molecule has 50 valence electrons. The van der Waals surface area contributed by atoms with Gasteiger partial charge < -0.3 is 16.6 Å². The normalized spacial score (nSPS) is 16.1. The fourth-order valence-corrected chi connectivity index (χ4v) is 0.197. The van der Waals surface area contributed by atoms with Crippen molar-refractivity contribution < 1.29 is 5.11 Å². The van der Waals surface area contributed by atoms with Crippen LogP contribution in [-0.4, -0.2) is 17.4 Å². The first kappa shape index (κ1) is 7.88. The van der Waals surface area contributed by atoms with Crippen molar-refractivity contribution in [1.82, 2.24) is 0 Å². The lowest BCUT2D eigenvalue weighted by atomic mass is 10.00. The van der Waals surface area contributed by atoms with E-state index in [2.05, 4.69) is 0 Å². The highest BCUT2D eigenvalue weighted by atomic mass is 16.3. The van der Waals surface area contributed by atoms with E-state index in [1.165, 1.54) is 0 Å². The average molecular weight is 118 g/mol. The van der Waals surface area contributed by atoms with Crippen LogP contribution in [0.4, 0.5) is 0 Å². The first-order valence-corrected chi connectivity index (χ1v) is 2.67. The molecular formula is C5H14N2O. The van der Waals surface area contributed by atoms with Crippen LogP contribution in [0.25, 0.3) is 0 Å². The van der Waals surface area contributed by atoms with Gasteiger partial charge in [-0.05, 0) is 6.92 Å². The van der Waals surface area contributed by atoms with E-state index in [9.17, 15) is 0 Å². The van der Waals surface area contributed by atoms with Gasteiger partial charge in [0.15, 0.2) is 0 Å². The molecule has 8 heavy (non-hydrogen) atoms. The summed E-state index contributed by atoms with van der Waals surface area (Å²) < 4.78 is 0. The summed E-state index contributed by atoms with van der Waals surface area (Å²) in [6, 6.07) is 0. The Morgan fingerprint density at radius 3 is 2.00 bits per heavy atom. The highest BCUT2D eigenvalue weighted by Crippen LogP contribution is 2.04. The number of hydrogen-bond acceptors (Lipinski definition) is 3. The van der Waals surface area contributed by atoms with E-state index >= 15 is 0 Å². The number of nitrogens with two attached hydrogens (primary N) is 2. The van der Waals surface area contributed by atoms with Gasteiger partial charge in [0, 0.05) is 12.5 Å². The van der Waals surface area contributed by atoms with Gasteiger partial charge in [-0.3, -0.25) is 0 Å². The van der Waals surface area contributed by atoms with Crippen LogP contribution >= 0.6 is 0 Å². The van der Waals surface area contributed by atoms with Crippen molar-refractivity contribution in [3.8, 4) is 0 Å². The smallest absolute Gasteiger partial charge is 0.0656 e. The summed E-state index contributed by atoms with van der Waals surface area (Å²) >= 11 is 0. The zero-order valence-electron chi connectivity index (χ0n) is 5.39. The molecule has 0 aliphatic rings. The molecule has 0 aliphatic carbocycles. The van der Waals surface area contributed by atoms with Gasteiger partial charge in [-0.15, -0.1) is 0 Å². The standard InChI is InChI=1S/C5H14N2O/c1-4(3-8)5(2,6)7/h4,8H,3,6-7H2,1-2H3. The first-order chi connectivity index (χ1) is 3.48. The van der Waals surface area contributed by atoms with Crippen molar-refractivity contribution in [2.45, 2.75) is 19.5 Å². The molecule has 0 radical (unpaired) electrons. The zero-order valence-corrected chi connectivity index (χ0v) is 5.39. The van der Waals surface area contributed by atoms with E-state index in [1.54, 1.807) is 13.8 Å². The zero-order chi connectivity index (χ0) is 6.78. The van der Waals surface area contributed by atoms with Gasteiger partial charge in [0.1, 0.15) is 0 Å². The molecule has 3 heteroatoms. The highest BCUT2D eigenvalue weighted by molar-refractivity contribution is 4.75. The molecular weight excluding hydrogens is 104 g/mol. The summed E-state index contributed by atoms with van der Waals surface area (Å²) in [5.41, 5.74) is 10.1. The second-order valence-corrected chi connectivity index (χ2v) is 2.45. The van der Waals surface area contributed by atoms with Crippen LogP contribution in [0.1, 0.15) is 13.8 Å². The average Bonchev–Trinajstić information content (AvgIpc) is 1.62. The second kappa shape index (κ2) is 2.44. The molecule has 0 aromatic carbocycles. The molecule has 0 aromatic heterocycles. The Labute approximate surface area is 49.7 Å². The fourth-order valence-electron chi connectivity index (χ4n) is 0.197. The third kappa shape index (κ3) is 2.26. The minimum absolute atomic E-state index is 0.0394. The van der Waals surface area contributed by atoms with Gasteiger partial charge in [0.05, 0.1) is 5.66 Å². The van der Waals surface area contributed by atoms with Crippen molar-refractivity contribution in [3.63, 3.8) is 0 Å². The monoisotopic (exact) mass is 118 g/mol. The largest absolute Gasteiger partial charge is 0.396 e. The molecule has 0 spiro atoms. The van der Waals surface area contributed by atoms with Crippen LogP contribution in [0.2, 0.25) is 0 Å². The molecule has 3 nitrogen and oxygen atoms in total. The maximum absolute atomic E-state index is 8.51. The number of aliphatic hydroxyl groups is 1. The third-order valence-corrected chi connectivity index (χ3v) is 1.34. The van der Waals surface area contributed by atoms with Crippen molar-refractivity contribution in [2.75, 3.05) is 6.61 Å². The molecule has 0 aliphatic heterocycles. The van der Waals surface area contributed by atoms with Crippen LogP contribution in [-0.2, 0) is 0 Å². The van der Waals surface area contributed by atoms with Crippen LogP contribution in [0.15, 0.2) is 0 Å². The minimum Gasteiger partial charge on any atom is -0.396 e. The van der Waals surface area contributed by atoms with Crippen molar-refractivity contribution in [3.05, 3.63) is 0 Å². The molecule has 5 N–H and O–H groups in total. The van der Waals surface area contributed by atoms with Gasteiger partial charge >= 0.3 is 0 Å². The number of rotatable bonds is 2. The lowest BCUT2D eigenvalue weighted by molar-refractivity contribution is 0.177. The Morgan fingerprint density at radius 1 is 1.62 bits per heavy atom. The summed E-state index contributed by atoms with van der Waals surface area (Å²) in [5.74, 6) is -0.0394. The van der Waals surface area contributed by atoms with Crippen molar-refractivity contribution in [1.29, 1.82) is 0 Å². The first-order valence-electron chi connectivity index (χ1n) is 2.67. The highest BCUT2D eigenvalue weighted by Gasteiger charge is 2.19. The van der Waals surface area contributed by atoms with E-state index in [-0.39, 0.29) is 12.5 Å².